The maximum atomic E-state index is 14.4. The second kappa shape index (κ2) is 9.80. The van der Waals surface area contributed by atoms with Crippen molar-refractivity contribution in [1.82, 2.24) is 14.0 Å². The van der Waals surface area contributed by atoms with Gasteiger partial charge in [-0.15, -0.1) is 11.3 Å². The van der Waals surface area contributed by atoms with Crippen molar-refractivity contribution in [1.29, 1.82) is 0 Å². The van der Waals surface area contributed by atoms with Gasteiger partial charge in [-0.05, 0) is 43.3 Å². The molecule has 0 amide bonds. The van der Waals surface area contributed by atoms with Gasteiger partial charge in [0.25, 0.3) is 5.56 Å². The number of nitrogens with zero attached hydrogens (tertiary/aromatic N) is 5. The maximum Gasteiger partial charge on any atom is 0.297 e. The van der Waals surface area contributed by atoms with Gasteiger partial charge in [-0.25, -0.2) is 23.1 Å². The van der Waals surface area contributed by atoms with Crippen molar-refractivity contribution in [3.8, 4) is 17.1 Å². The Labute approximate surface area is 224 Å². The molecule has 3 aromatic carbocycles. The molecule has 0 aliphatic heterocycles. The number of halogens is 2. The van der Waals surface area contributed by atoms with Crippen LogP contribution in [0.5, 0.6) is 0 Å². The van der Waals surface area contributed by atoms with Gasteiger partial charge in [-0.1, -0.05) is 36.4 Å². The second-order valence-corrected chi connectivity index (χ2v) is 9.63. The first-order chi connectivity index (χ1) is 18.9. The van der Waals surface area contributed by atoms with Crippen LogP contribution in [0.25, 0.3) is 28.1 Å². The highest BCUT2D eigenvalue weighted by molar-refractivity contribution is 7.07. The van der Waals surface area contributed by atoms with Crippen LogP contribution in [0, 0.1) is 18.6 Å². The predicted molar refractivity (Wildman–Crippen MR) is 148 cm³/mol. The molecule has 0 aliphatic carbocycles. The van der Waals surface area contributed by atoms with E-state index < -0.39 is 11.6 Å². The van der Waals surface area contributed by atoms with Crippen molar-refractivity contribution < 1.29 is 13.2 Å². The Kier molecular flexibility index (Phi) is 6.16. The SMILES string of the molecule is Cc1c(N=c2scc(-c3cc4ccccc4o3)n2N=Cc2ccc(F)cc2F)c(=O)n(-c2ccccc2)n1C. The average molecular weight is 542 g/mol. The average Bonchev–Trinajstić information content (AvgIpc) is 3.60. The Bertz CT molecular complexity index is 1960. The van der Waals surface area contributed by atoms with Crippen LogP contribution >= 0.6 is 11.3 Å². The Morgan fingerprint density at radius 2 is 1.74 bits per heavy atom. The molecule has 39 heavy (non-hydrogen) atoms. The lowest BCUT2D eigenvalue weighted by molar-refractivity contribution is 0.582. The molecule has 0 aliphatic rings. The molecular formula is C29H21F2N5O2S. The smallest absolute Gasteiger partial charge is 0.297 e. The van der Waals surface area contributed by atoms with Crippen molar-refractivity contribution in [3.63, 3.8) is 0 Å². The predicted octanol–water partition coefficient (Wildman–Crippen LogP) is 6.15. The van der Waals surface area contributed by atoms with Crippen LogP contribution in [0.4, 0.5) is 14.5 Å². The van der Waals surface area contributed by atoms with Gasteiger partial charge in [0, 0.05) is 29.4 Å². The standard InChI is InChI=1S/C29H21F2N5O2S/c1-18-27(28(37)36(34(18)2)22-9-4-3-5-10-22)33-29-35(32-16-20-12-13-21(30)15-23(20)31)24(17-39-29)26-14-19-8-6-7-11-25(19)38-26/h3-17H,1-2H3. The number of benzene rings is 3. The third-order valence-electron chi connectivity index (χ3n) is 6.37. The normalized spacial score (nSPS) is 12.3. The molecule has 0 fully saturated rings. The van der Waals surface area contributed by atoms with Gasteiger partial charge in [0.15, 0.2) is 11.4 Å². The van der Waals surface area contributed by atoms with Gasteiger partial charge in [0.1, 0.15) is 22.9 Å². The molecule has 0 saturated carbocycles. The fraction of sp³-hybridized carbons (Fsp3) is 0.0690. The summed E-state index contributed by atoms with van der Waals surface area (Å²) >= 11 is 1.26. The number of hydrogen-bond acceptors (Lipinski definition) is 5. The zero-order valence-corrected chi connectivity index (χ0v) is 21.7. The molecule has 0 saturated heterocycles. The maximum absolute atomic E-state index is 14.4. The Morgan fingerprint density at radius 3 is 2.51 bits per heavy atom. The third-order valence-corrected chi connectivity index (χ3v) is 7.19. The van der Waals surface area contributed by atoms with E-state index in [1.807, 2.05) is 73.0 Å². The monoisotopic (exact) mass is 541 g/mol. The van der Waals surface area contributed by atoms with Gasteiger partial charge in [0.05, 0.1) is 17.6 Å². The largest absolute Gasteiger partial charge is 0.454 e. The topological polar surface area (TPSA) is 69.7 Å². The molecule has 0 radical (unpaired) electrons. The minimum absolute atomic E-state index is 0.0962. The minimum Gasteiger partial charge on any atom is -0.454 e. The van der Waals surface area contributed by atoms with E-state index in [2.05, 4.69) is 5.10 Å². The lowest BCUT2D eigenvalue weighted by atomic mass is 10.2. The van der Waals surface area contributed by atoms with Crippen LogP contribution in [0.1, 0.15) is 11.3 Å². The highest BCUT2D eigenvalue weighted by atomic mass is 32.1. The fourth-order valence-electron chi connectivity index (χ4n) is 4.27. The van der Waals surface area contributed by atoms with Gasteiger partial charge >= 0.3 is 0 Å². The zero-order chi connectivity index (χ0) is 27.1. The number of aromatic nitrogens is 3. The van der Waals surface area contributed by atoms with E-state index in [4.69, 9.17) is 9.41 Å². The van der Waals surface area contributed by atoms with Crippen LogP contribution in [-0.4, -0.2) is 20.3 Å². The van der Waals surface area contributed by atoms with E-state index in [-0.39, 0.29) is 16.8 Å². The van der Waals surface area contributed by atoms with Gasteiger partial charge in [-0.3, -0.25) is 9.48 Å². The zero-order valence-electron chi connectivity index (χ0n) is 20.9. The molecule has 7 nitrogen and oxygen atoms in total. The molecule has 0 spiro atoms. The van der Waals surface area contributed by atoms with Crippen molar-refractivity contribution >= 4 is 34.2 Å². The van der Waals surface area contributed by atoms with Crippen molar-refractivity contribution in [2.24, 2.45) is 17.1 Å². The number of thiazole rings is 1. The summed E-state index contributed by atoms with van der Waals surface area (Å²) in [6, 6.07) is 22.0. The first-order valence-electron chi connectivity index (χ1n) is 12.0. The van der Waals surface area contributed by atoms with Crippen molar-refractivity contribution in [2.75, 3.05) is 0 Å². The van der Waals surface area contributed by atoms with E-state index in [1.165, 1.54) is 28.3 Å². The lowest BCUT2D eigenvalue weighted by Gasteiger charge is -2.07. The summed E-state index contributed by atoms with van der Waals surface area (Å²) < 4.78 is 38.6. The van der Waals surface area contributed by atoms with E-state index in [9.17, 15) is 13.6 Å². The third kappa shape index (κ3) is 4.44. The van der Waals surface area contributed by atoms with Crippen LogP contribution in [0.15, 0.2) is 104 Å². The Hall–Kier alpha value is -4.83. The minimum atomic E-state index is -0.747. The van der Waals surface area contributed by atoms with Gasteiger partial charge in [-0.2, -0.15) is 5.10 Å². The van der Waals surface area contributed by atoms with Crippen molar-refractivity contribution in [2.45, 2.75) is 6.92 Å². The molecule has 0 unspecified atom stereocenters. The number of rotatable bonds is 5. The summed E-state index contributed by atoms with van der Waals surface area (Å²) in [6.45, 7) is 1.81. The van der Waals surface area contributed by atoms with Gasteiger partial charge in [0.2, 0.25) is 4.80 Å². The van der Waals surface area contributed by atoms with Crippen LogP contribution in [0.2, 0.25) is 0 Å². The van der Waals surface area contributed by atoms with E-state index in [0.717, 1.165) is 17.5 Å². The summed E-state index contributed by atoms with van der Waals surface area (Å²) in [7, 11) is 1.79. The molecule has 0 bridgehead atoms. The summed E-state index contributed by atoms with van der Waals surface area (Å²) in [5.74, 6) is -0.902. The molecule has 6 aromatic rings. The summed E-state index contributed by atoms with van der Waals surface area (Å²) in [6.07, 6.45) is 1.28. The molecule has 0 atom stereocenters. The summed E-state index contributed by atoms with van der Waals surface area (Å²) in [5, 5.41) is 7.20. The fourth-order valence-corrected chi connectivity index (χ4v) is 5.09. The summed E-state index contributed by atoms with van der Waals surface area (Å²) in [5.41, 5.74) is 2.67. The van der Waals surface area contributed by atoms with Crippen LogP contribution in [0.3, 0.4) is 0 Å². The highest BCUT2D eigenvalue weighted by Gasteiger charge is 2.18. The number of furan rings is 1. The number of fused-ring (bicyclic) bond motifs is 1. The van der Waals surface area contributed by atoms with E-state index in [1.54, 1.807) is 16.4 Å². The first kappa shape index (κ1) is 24.5. The molecule has 0 N–H and O–H groups in total. The highest BCUT2D eigenvalue weighted by Crippen LogP contribution is 2.28. The molecular weight excluding hydrogens is 520 g/mol. The van der Waals surface area contributed by atoms with E-state index in [0.29, 0.717) is 33.2 Å². The second-order valence-electron chi connectivity index (χ2n) is 8.80. The molecule has 6 rings (SSSR count). The van der Waals surface area contributed by atoms with E-state index >= 15 is 0 Å². The molecule has 3 heterocycles. The quantitative estimate of drug-likeness (QED) is 0.246. The molecule has 3 aromatic heterocycles. The lowest BCUT2D eigenvalue weighted by Crippen LogP contribution is -2.19. The Morgan fingerprint density at radius 1 is 0.974 bits per heavy atom. The van der Waals surface area contributed by atoms with Crippen LogP contribution < -0.4 is 10.4 Å². The molecule has 194 valence electrons. The first-order valence-corrected chi connectivity index (χ1v) is 12.9. The van der Waals surface area contributed by atoms with Crippen LogP contribution in [-0.2, 0) is 7.05 Å². The summed E-state index contributed by atoms with van der Waals surface area (Å²) in [4.78, 5) is 18.6. The number of para-hydroxylation sites is 2. The Balaban J connectivity index is 1.55. The molecule has 10 heteroatoms. The van der Waals surface area contributed by atoms with Gasteiger partial charge < -0.3 is 4.42 Å². The number of hydrogen-bond donors (Lipinski definition) is 0. The van der Waals surface area contributed by atoms with Crippen molar-refractivity contribution in [3.05, 3.63) is 122 Å².